The van der Waals surface area contributed by atoms with Crippen molar-refractivity contribution >= 4 is 12.0 Å². The second-order valence-electron chi connectivity index (χ2n) is 5.97. The van der Waals surface area contributed by atoms with Crippen LogP contribution < -0.4 is 9.47 Å². The van der Waals surface area contributed by atoms with E-state index in [1.165, 1.54) is 7.11 Å². The topological polar surface area (TPSA) is 68.3 Å². The summed E-state index contributed by atoms with van der Waals surface area (Å²) in [6.07, 6.45) is 2.66. The maximum absolute atomic E-state index is 13.0. The van der Waals surface area contributed by atoms with E-state index in [-0.39, 0.29) is 12.0 Å². The van der Waals surface area contributed by atoms with Crippen molar-refractivity contribution in [2.75, 3.05) is 47.5 Å². The molecule has 2 rings (SSSR count). The molecule has 0 aromatic heterocycles. The van der Waals surface area contributed by atoms with Gasteiger partial charge in [0.15, 0.2) is 11.5 Å². The standard InChI is InChI=1S/C19H26N2O5/c1-5-7-14-12-15(13-16(24-2)17(14)25-3)18(22)20-8-6-9-21(11-10-20)19(23)26-4/h5,12-13H,1,6-11H2,2-4H3. The van der Waals surface area contributed by atoms with Crippen LogP contribution in [0.5, 0.6) is 11.5 Å². The molecule has 1 aliphatic rings. The minimum absolute atomic E-state index is 0.0945. The lowest BCUT2D eigenvalue weighted by Gasteiger charge is -2.22. The molecule has 1 aliphatic heterocycles. The first kappa shape index (κ1) is 19.6. The second-order valence-corrected chi connectivity index (χ2v) is 5.97. The van der Waals surface area contributed by atoms with Gasteiger partial charge in [-0.3, -0.25) is 4.79 Å². The number of allylic oxidation sites excluding steroid dienone is 1. The van der Waals surface area contributed by atoms with Gasteiger partial charge >= 0.3 is 6.09 Å². The molecule has 7 heteroatoms. The van der Waals surface area contributed by atoms with Crippen molar-refractivity contribution in [1.29, 1.82) is 0 Å². The highest BCUT2D eigenvalue weighted by atomic mass is 16.5. The Balaban J connectivity index is 2.24. The van der Waals surface area contributed by atoms with Crippen molar-refractivity contribution in [2.45, 2.75) is 12.8 Å². The first-order valence-electron chi connectivity index (χ1n) is 8.53. The molecule has 1 fully saturated rings. The highest BCUT2D eigenvalue weighted by Crippen LogP contribution is 2.33. The zero-order valence-electron chi connectivity index (χ0n) is 15.6. The summed E-state index contributed by atoms with van der Waals surface area (Å²) >= 11 is 0. The van der Waals surface area contributed by atoms with E-state index in [0.29, 0.717) is 56.1 Å². The summed E-state index contributed by atoms with van der Waals surface area (Å²) in [5.74, 6) is 1.03. The Kier molecular flexibility index (Phi) is 6.89. The maximum Gasteiger partial charge on any atom is 0.409 e. The molecule has 0 aliphatic carbocycles. The lowest BCUT2D eigenvalue weighted by molar-refractivity contribution is 0.0756. The van der Waals surface area contributed by atoms with E-state index in [1.807, 2.05) is 6.07 Å². The number of nitrogens with zero attached hydrogens (tertiary/aromatic N) is 2. The lowest BCUT2D eigenvalue weighted by atomic mass is 10.0. The monoisotopic (exact) mass is 362 g/mol. The fourth-order valence-corrected chi connectivity index (χ4v) is 3.09. The van der Waals surface area contributed by atoms with Crippen LogP contribution in [0.15, 0.2) is 24.8 Å². The van der Waals surface area contributed by atoms with E-state index in [9.17, 15) is 9.59 Å². The predicted molar refractivity (Wildman–Crippen MR) is 97.9 cm³/mol. The Hall–Kier alpha value is -2.70. The molecule has 0 unspecified atom stereocenters. The Bertz CT molecular complexity index is 674. The van der Waals surface area contributed by atoms with Gasteiger partial charge in [0.05, 0.1) is 21.3 Å². The fraction of sp³-hybridized carbons (Fsp3) is 0.474. The number of benzene rings is 1. The Morgan fingerprint density at radius 3 is 2.38 bits per heavy atom. The van der Waals surface area contributed by atoms with Crippen LogP contribution >= 0.6 is 0 Å². The summed E-state index contributed by atoms with van der Waals surface area (Å²) < 4.78 is 15.6. The normalized spacial score (nSPS) is 14.4. The van der Waals surface area contributed by atoms with Crippen molar-refractivity contribution in [3.05, 3.63) is 35.9 Å². The third-order valence-corrected chi connectivity index (χ3v) is 4.38. The molecule has 1 aromatic carbocycles. The molecule has 0 spiro atoms. The second kappa shape index (κ2) is 9.12. The molecular formula is C19H26N2O5. The molecule has 7 nitrogen and oxygen atoms in total. The van der Waals surface area contributed by atoms with Crippen molar-refractivity contribution in [2.24, 2.45) is 0 Å². The Morgan fingerprint density at radius 1 is 1.08 bits per heavy atom. The Morgan fingerprint density at radius 2 is 1.77 bits per heavy atom. The zero-order valence-corrected chi connectivity index (χ0v) is 15.6. The number of ether oxygens (including phenoxy) is 3. The predicted octanol–water partition coefficient (Wildman–Crippen LogP) is 2.35. The molecule has 1 aromatic rings. The highest BCUT2D eigenvalue weighted by molar-refractivity contribution is 5.95. The Labute approximate surface area is 154 Å². The SMILES string of the molecule is C=CCc1cc(C(=O)N2CCCN(C(=O)OC)CC2)cc(OC)c1OC. The van der Waals surface area contributed by atoms with Crippen LogP contribution in [0.2, 0.25) is 0 Å². The van der Waals surface area contributed by atoms with E-state index >= 15 is 0 Å². The van der Waals surface area contributed by atoms with Gasteiger partial charge in [0.25, 0.3) is 5.91 Å². The van der Waals surface area contributed by atoms with E-state index in [2.05, 4.69) is 6.58 Å². The number of amides is 2. The van der Waals surface area contributed by atoms with Gasteiger partial charge in [-0.25, -0.2) is 4.79 Å². The summed E-state index contributed by atoms with van der Waals surface area (Å²) in [7, 11) is 4.48. The van der Waals surface area contributed by atoms with Gasteiger partial charge in [-0.2, -0.15) is 0 Å². The van der Waals surface area contributed by atoms with Crippen molar-refractivity contribution in [1.82, 2.24) is 9.80 Å². The summed E-state index contributed by atoms with van der Waals surface area (Å²) in [6.45, 7) is 5.82. The third-order valence-electron chi connectivity index (χ3n) is 4.38. The first-order chi connectivity index (χ1) is 12.5. The van der Waals surface area contributed by atoms with Gasteiger partial charge in [-0.15, -0.1) is 6.58 Å². The van der Waals surface area contributed by atoms with Crippen LogP contribution in [0.25, 0.3) is 0 Å². The molecule has 2 amide bonds. The molecule has 0 atom stereocenters. The van der Waals surface area contributed by atoms with E-state index in [0.717, 1.165) is 5.56 Å². The van der Waals surface area contributed by atoms with Crippen molar-refractivity contribution in [3.8, 4) is 11.5 Å². The molecule has 0 radical (unpaired) electrons. The number of rotatable bonds is 5. The van der Waals surface area contributed by atoms with Crippen LogP contribution in [-0.2, 0) is 11.2 Å². The number of carbonyl (C=O) groups is 2. The van der Waals surface area contributed by atoms with Gasteiger partial charge in [0.2, 0.25) is 0 Å². The van der Waals surface area contributed by atoms with E-state index in [1.54, 1.807) is 36.2 Å². The van der Waals surface area contributed by atoms with E-state index in [4.69, 9.17) is 14.2 Å². The lowest BCUT2D eigenvalue weighted by Crippen LogP contribution is -2.37. The summed E-state index contributed by atoms with van der Waals surface area (Å²) in [6, 6.07) is 3.51. The van der Waals surface area contributed by atoms with Gasteiger partial charge in [-0.05, 0) is 25.0 Å². The summed E-state index contributed by atoms with van der Waals surface area (Å²) in [5, 5.41) is 0. The molecule has 1 heterocycles. The molecule has 26 heavy (non-hydrogen) atoms. The van der Waals surface area contributed by atoms with Crippen LogP contribution in [0.1, 0.15) is 22.3 Å². The highest BCUT2D eigenvalue weighted by Gasteiger charge is 2.24. The smallest absolute Gasteiger partial charge is 0.409 e. The van der Waals surface area contributed by atoms with Crippen molar-refractivity contribution in [3.63, 3.8) is 0 Å². The number of hydrogen-bond acceptors (Lipinski definition) is 5. The van der Waals surface area contributed by atoms with Crippen molar-refractivity contribution < 1.29 is 23.8 Å². The number of hydrogen-bond donors (Lipinski definition) is 0. The first-order valence-corrected chi connectivity index (χ1v) is 8.53. The molecule has 1 saturated heterocycles. The van der Waals surface area contributed by atoms with Crippen LogP contribution in [0.3, 0.4) is 0 Å². The summed E-state index contributed by atoms with van der Waals surface area (Å²) in [5.41, 5.74) is 1.38. The van der Waals surface area contributed by atoms with Crippen LogP contribution in [0.4, 0.5) is 4.79 Å². The average molecular weight is 362 g/mol. The molecule has 142 valence electrons. The third kappa shape index (κ3) is 4.28. The maximum atomic E-state index is 13.0. The summed E-state index contributed by atoms with van der Waals surface area (Å²) in [4.78, 5) is 28.1. The quantitative estimate of drug-likeness (QED) is 0.752. The van der Waals surface area contributed by atoms with Crippen LogP contribution in [-0.4, -0.2) is 69.3 Å². The molecular weight excluding hydrogens is 336 g/mol. The molecule has 0 N–H and O–H groups in total. The van der Waals surface area contributed by atoms with Gasteiger partial charge in [0.1, 0.15) is 0 Å². The minimum Gasteiger partial charge on any atom is -0.493 e. The molecule has 0 bridgehead atoms. The van der Waals surface area contributed by atoms with Gasteiger partial charge in [-0.1, -0.05) is 6.08 Å². The van der Waals surface area contributed by atoms with Gasteiger partial charge in [0, 0.05) is 37.3 Å². The number of carbonyl (C=O) groups excluding carboxylic acids is 2. The number of methoxy groups -OCH3 is 3. The zero-order chi connectivity index (χ0) is 19.1. The van der Waals surface area contributed by atoms with Gasteiger partial charge < -0.3 is 24.0 Å². The largest absolute Gasteiger partial charge is 0.493 e. The molecule has 0 saturated carbocycles. The van der Waals surface area contributed by atoms with E-state index < -0.39 is 0 Å². The fourth-order valence-electron chi connectivity index (χ4n) is 3.09. The average Bonchev–Trinajstić information content (AvgIpc) is 2.92. The van der Waals surface area contributed by atoms with Crippen LogP contribution in [0, 0.1) is 0 Å². The minimum atomic E-state index is -0.362.